The first kappa shape index (κ1) is 20.3. The minimum Gasteiger partial charge on any atom is -0.497 e. The van der Waals surface area contributed by atoms with Crippen molar-refractivity contribution in [3.63, 3.8) is 0 Å². The van der Waals surface area contributed by atoms with Gasteiger partial charge in [0.05, 0.1) is 13.7 Å². The predicted octanol–water partition coefficient (Wildman–Crippen LogP) is 3.08. The molecule has 1 aliphatic heterocycles. The number of rotatable bonds is 6. The van der Waals surface area contributed by atoms with Crippen LogP contribution in [0.2, 0.25) is 0 Å². The van der Waals surface area contributed by atoms with Gasteiger partial charge in [0, 0.05) is 31.2 Å². The summed E-state index contributed by atoms with van der Waals surface area (Å²) in [7, 11) is 1.70. The van der Waals surface area contributed by atoms with E-state index >= 15 is 0 Å². The number of hydrogen-bond acceptors (Lipinski definition) is 3. The Morgan fingerprint density at radius 3 is 2.48 bits per heavy atom. The smallest absolute Gasteiger partial charge is 0.191 e. The summed E-state index contributed by atoms with van der Waals surface area (Å²) in [5.41, 5.74) is 1.38. The topological polar surface area (TPSA) is 54.9 Å². The number of halogens is 1. The van der Waals surface area contributed by atoms with Crippen molar-refractivity contribution < 1.29 is 9.47 Å². The summed E-state index contributed by atoms with van der Waals surface area (Å²) >= 11 is 0. The van der Waals surface area contributed by atoms with Crippen LogP contribution in [0.5, 0.6) is 5.75 Å². The van der Waals surface area contributed by atoms with Gasteiger partial charge in [0.25, 0.3) is 0 Å². The molecule has 2 N–H and O–H groups in total. The van der Waals surface area contributed by atoms with E-state index in [-0.39, 0.29) is 29.4 Å². The lowest BCUT2D eigenvalue weighted by Gasteiger charge is -2.36. The first-order valence-electron chi connectivity index (χ1n) is 9.03. The van der Waals surface area contributed by atoms with Gasteiger partial charge >= 0.3 is 0 Å². The molecule has 1 saturated carbocycles. The molecule has 2 aliphatic rings. The normalized spacial score (nSPS) is 19.7. The molecule has 1 aliphatic carbocycles. The van der Waals surface area contributed by atoms with E-state index in [9.17, 15) is 0 Å². The fourth-order valence-corrected chi connectivity index (χ4v) is 3.22. The van der Waals surface area contributed by atoms with Crippen molar-refractivity contribution in [3.05, 3.63) is 29.8 Å². The van der Waals surface area contributed by atoms with E-state index in [4.69, 9.17) is 14.5 Å². The maximum atomic E-state index is 5.62. The van der Waals surface area contributed by atoms with Gasteiger partial charge in [-0.1, -0.05) is 12.1 Å². The molecule has 0 amide bonds. The highest BCUT2D eigenvalue weighted by Crippen LogP contribution is 2.36. The van der Waals surface area contributed by atoms with Crippen LogP contribution in [-0.2, 0) is 10.2 Å². The number of methoxy groups -OCH3 is 1. The number of guanidine groups is 1. The zero-order chi connectivity index (χ0) is 16.8. The van der Waals surface area contributed by atoms with Gasteiger partial charge in [-0.05, 0) is 50.3 Å². The lowest BCUT2D eigenvalue weighted by atomic mass is 9.74. The lowest BCUT2D eigenvalue weighted by Crippen LogP contribution is -2.42. The second-order valence-electron chi connectivity index (χ2n) is 6.73. The molecule has 1 heterocycles. The van der Waals surface area contributed by atoms with Crippen LogP contribution in [0.3, 0.4) is 0 Å². The molecule has 25 heavy (non-hydrogen) atoms. The largest absolute Gasteiger partial charge is 0.497 e. The molecule has 1 saturated heterocycles. The van der Waals surface area contributed by atoms with Crippen LogP contribution in [0.1, 0.15) is 38.2 Å². The van der Waals surface area contributed by atoms with Gasteiger partial charge in [0.1, 0.15) is 5.75 Å². The molecule has 3 rings (SSSR count). The van der Waals surface area contributed by atoms with Gasteiger partial charge in [0.15, 0.2) is 5.96 Å². The second-order valence-corrected chi connectivity index (χ2v) is 6.73. The Balaban J connectivity index is 0.00000225. The summed E-state index contributed by atoms with van der Waals surface area (Å²) in [6, 6.07) is 9.06. The molecule has 0 radical (unpaired) electrons. The Hall–Kier alpha value is -1.02. The summed E-state index contributed by atoms with van der Waals surface area (Å²) in [5.74, 6) is 1.84. The maximum absolute atomic E-state index is 5.62. The molecule has 2 fully saturated rings. The van der Waals surface area contributed by atoms with Gasteiger partial charge in [-0.3, -0.25) is 4.99 Å². The molecule has 140 valence electrons. The molecular formula is C19H30IN3O2. The van der Waals surface area contributed by atoms with Crippen LogP contribution in [0.15, 0.2) is 29.3 Å². The second kappa shape index (κ2) is 9.62. The van der Waals surface area contributed by atoms with Crippen molar-refractivity contribution in [2.45, 2.75) is 44.1 Å². The zero-order valence-corrected chi connectivity index (χ0v) is 17.5. The molecule has 0 spiro atoms. The Morgan fingerprint density at radius 1 is 1.24 bits per heavy atom. The molecule has 0 bridgehead atoms. The maximum Gasteiger partial charge on any atom is 0.191 e. The van der Waals surface area contributed by atoms with E-state index in [1.165, 1.54) is 18.4 Å². The Bertz CT molecular complexity index is 552. The molecule has 0 unspecified atom stereocenters. The molecule has 6 heteroatoms. The van der Waals surface area contributed by atoms with E-state index < -0.39 is 0 Å². The Morgan fingerprint density at radius 2 is 1.92 bits per heavy atom. The molecule has 5 nitrogen and oxygen atoms in total. The summed E-state index contributed by atoms with van der Waals surface area (Å²) in [5, 5.41) is 6.87. The minimum atomic E-state index is 0. The van der Waals surface area contributed by atoms with Crippen molar-refractivity contribution in [3.8, 4) is 5.75 Å². The Labute approximate surface area is 168 Å². The van der Waals surface area contributed by atoms with E-state index in [2.05, 4.69) is 29.7 Å². The highest BCUT2D eigenvalue weighted by Gasteiger charge is 2.34. The lowest BCUT2D eigenvalue weighted by molar-refractivity contribution is 0.0531. The van der Waals surface area contributed by atoms with E-state index in [0.717, 1.165) is 50.9 Å². The van der Waals surface area contributed by atoms with E-state index in [0.29, 0.717) is 6.04 Å². The number of benzene rings is 1. The van der Waals surface area contributed by atoms with Crippen molar-refractivity contribution in [1.82, 2.24) is 10.6 Å². The highest BCUT2D eigenvalue weighted by molar-refractivity contribution is 14.0. The van der Waals surface area contributed by atoms with Crippen molar-refractivity contribution in [2.24, 2.45) is 4.99 Å². The number of nitrogens with one attached hydrogen (secondary N) is 2. The Kier molecular flexibility index (Phi) is 7.81. The van der Waals surface area contributed by atoms with Crippen LogP contribution in [0, 0.1) is 0 Å². The first-order chi connectivity index (χ1) is 11.8. The van der Waals surface area contributed by atoms with Crippen LogP contribution in [-0.4, -0.2) is 45.4 Å². The van der Waals surface area contributed by atoms with Gasteiger partial charge in [0.2, 0.25) is 0 Å². The number of hydrogen-bond donors (Lipinski definition) is 2. The van der Waals surface area contributed by atoms with Gasteiger partial charge < -0.3 is 20.1 Å². The van der Waals surface area contributed by atoms with E-state index in [1.807, 2.05) is 12.1 Å². The minimum absolute atomic E-state index is 0. The van der Waals surface area contributed by atoms with Gasteiger partial charge in [-0.25, -0.2) is 0 Å². The van der Waals surface area contributed by atoms with Crippen LogP contribution < -0.4 is 15.4 Å². The summed E-state index contributed by atoms with van der Waals surface area (Å²) in [6.07, 6.45) is 4.51. The van der Waals surface area contributed by atoms with Crippen molar-refractivity contribution >= 4 is 29.9 Å². The van der Waals surface area contributed by atoms with Crippen LogP contribution in [0.25, 0.3) is 0 Å². The highest BCUT2D eigenvalue weighted by atomic mass is 127. The third-order valence-electron chi connectivity index (χ3n) is 4.95. The molecule has 1 aromatic carbocycles. The number of ether oxygens (including phenoxy) is 2. The summed E-state index contributed by atoms with van der Waals surface area (Å²) in [6.45, 7) is 5.38. The van der Waals surface area contributed by atoms with E-state index in [1.54, 1.807) is 7.11 Å². The number of nitrogens with zero attached hydrogens (tertiary/aromatic N) is 1. The predicted molar refractivity (Wildman–Crippen MR) is 112 cm³/mol. The molecule has 0 aromatic heterocycles. The SMILES string of the molecule is CCNC(=NCC1(c2ccc(OC)cc2)CCOCC1)NC1CC1.I. The van der Waals surface area contributed by atoms with Crippen molar-refractivity contribution in [2.75, 3.05) is 33.4 Å². The molecular weight excluding hydrogens is 429 g/mol. The number of aliphatic imine (C=N–C) groups is 1. The van der Waals surface area contributed by atoms with Crippen LogP contribution >= 0.6 is 24.0 Å². The monoisotopic (exact) mass is 459 g/mol. The summed E-state index contributed by atoms with van der Waals surface area (Å²) in [4.78, 5) is 4.92. The molecule has 1 aromatic rings. The van der Waals surface area contributed by atoms with Crippen molar-refractivity contribution in [1.29, 1.82) is 0 Å². The summed E-state index contributed by atoms with van der Waals surface area (Å²) < 4.78 is 10.9. The zero-order valence-electron chi connectivity index (χ0n) is 15.2. The van der Waals surface area contributed by atoms with Crippen LogP contribution in [0.4, 0.5) is 0 Å². The third kappa shape index (κ3) is 5.48. The molecule has 0 atom stereocenters. The van der Waals surface area contributed by atoms with Gasteiger partial charge in [-0.15, -0.1) is 24.0 Å². The first-order valence-corrected chi connectivity index (χ1v) is 9.03. The van der Waals surface area contributed by atoms with Gasteiger partial charge in [-0.2, -0.15) is 0 Å². The fraction of sp³-hybridized carbons (Fsp3) is 0.632. The standard InChI is InChI=1S/C19H29N3O2.HI/c1-3-20-18(22-16-6-7-16)21-14-19(10-12-24-13-11-19)15-4-8-17(23-2)9-5-15;/h4-5,8-9,16H,3,6-7,10-14H2,1-2H3,(H2,20,21,22);1H. The average molecular weight is 459 g/mol. The fourth-order valence-electron chi connectivity index (χ4n) is 3.22. The third-order valence-corrected chi connectivity index (χ3v) is 4.95. The quantitative estimate of drug-likeness (QED) is 0.390. The average Bonchev–Trinajstić information content (AvgIpc) is 3.45.